The molecule has 1 rings (SSSR count). The van der Waals surface area contributed by atoms with Gasteiger partial charge in [0.25, 0.3) is 0 Å². The third-order valence-corrected chi connectivity index (χ3v) is 2.01. The van der Waals surface area contributed by atoms with Crippen LogP contribution in [-0.2, 0) is 4.79 Å². The summed E-state index contributed by atoms with van der Waals surface area (Å²) in [5.41, 5.74) is 0. The Morgan fingerprint density at radius 1 is 1.77 bits per heavy atom. The molecule has 1 N–H and O–H groups in total. The van der Waals surface area contributed by atoms with Crippen LogP contribution in [0.3, 0.4) is 0 Å². The number of hydrogen-bond acceptors (Lipinski definition) is 4. The zero-order valence-electron chi connectivity index (χ0n) is 7.11. The van der Waals surface area contributed by atoms with Gasteiger partial charge in [0.2, 0.25) is 0 Å². The van der Waals surface area contributed by atoms with E-state index in [1.165, 1.54) is 11.0 Å². The third-order valence-electron chi connectivity index (χ3n) is 1.37. The summed E-state index contributed by atoms with van der Waals surface area (Å²) in [4.78, 5) is 11.5. The van der Waals surface area contributed by atoms with E-state index >= 15 is 0 Å². The van der Waals surface area contributed by atoms with Crippen LogP contribution in [0.25, 0.3) is 0 Å². The number of carboxylic acid groups (broad SMARTS) is 1. The van der Waals surface area contributed by atoms with E-state index in [0.717, 1.165) is 3.58 Å². The molecule has 1 aliphatic heterocycles. The van der Waals surface area contributed by atoms with E-state index in [0.29, 0.717) is 0 Å². The smallest absolute Gasteiger partial charge is 0.548 e. The summed E-state index contributed by atoms with van der Waals surface area (Å²) in [7, 11) is 0. The van der Waals surface area contributed by atoms with Crippen molar-refractivity contribution in [3.8, 4) is 0 Å². The van der Waals surface area contributed by atoms with E-state index in [2.05, 4.69) is 0 Å². The molecule has 0 saturated heterocycles. The standard InChI is InChI=1S/C7H8INO3.Na/c8-5-1-2-6(10)9(3-5)4-7(11)12;/h1-3,6,10H,4H2,(H,11,12);/q;+1/p-1. The Hall–Kier alpha value is 0.440. The average Bonchev–Trinajstić information content (AvgIpc) is 1.96. The van der Waals surface area contributed by atoms with Crippen molar-refractivity contribution in [2.75, 3.05) is 6.54 Å². The van der Waals surface area contributed by atoms with Gasteiger partial charge in [-0.05, 0) is 34.7 Å². The van der Waals surface area contributed by atoms with Gasteiger partial charge < -0.3 is 19.9 Å². The number of allylic oxidation sites excluding steroid dienone is 2. The fraction of sp³-hybridized carbons (Fsp3) is 0.286. The number of nitrogens with zero attached hydrogens (tertiary/aromatic N) is 1. The van der Waals surface area contributed by atoms with Crippen molar-refractivity contribution < 1.29 is 44.6 Å². The van der Waals surface area contributed by atoms with Gasteiger partial charge >= 0.3 is 29.6 Å². The molecule has 1 heterocycles. The van der Waals surface area contributed by atoms with Crippen LogP contribution in [-0.4, -0.2) is 28.7 Å². The molecule has 0 aromatic heterocycles. The molecule has 0 aromatic rings. The monoisotopic (exact) mass is 303 g/mol. The van der Waals surface area contributed by atoms with Crippen molar-refractivity contribution in [3.63, 3.8) is 0 Å². The molecule has 6 heteroatoms. The van der Waals surface area contributed by atoms with Crippen molar-refractivity contribution in [2.24, 2.45) is 0 Å². The summed E-state index contributed by atoms with van der Waals surface area (Å²) in [6, 6.07) is 0. The van der Waals surface area contributed by atoms with E-state index in [1.807, 2.05) is 22.6 Å². The second-order valence-corrected chi connectivity index (χ2v) is 3.58. The molecule has 1 atom stereocenters. The van der Waals surface area contributed by atoms with E-state index in [4.69, 9.17) is 0 Å². The zero-order valence-corrected chi connectivity index (χ0v) is 11.3. The number of rotatable bonds is 2. The summed E-state index contributed by atoms with van der Waals surface area (Å²) in [6.07, 6.45) is 3.95. The van der Waals surface area contributed by atoms with Crippen molar-refractivity contribution in [2.45, 2.75) is 6.23 Å². The Labute approximate surface area is 112 Å². The Balaban J connectivity index is 0.00000144. The molecule has 0 radical (unpaired) electrons. The summed E-state index contributed by atoms with van der Waals surface area (Å²) in [5, 5.41) is 19.4. The van der Waals surface area contributed by atoms with E-state index in [9.17, 15) is 15.0 Å². The third kappa shape index (κ3) is 4.46. The molecule has 0 saturated carbocycles. The van der Waals surface area contributed by atoms with Gasteiger partial charge in [0.1, 0.15) is 6.23 Å². The SMILES string of the molecule is O=C([O-])CN1C=C(I)C=CC1O.[Na+]. The minimum atomic E-state index is -1.20. The molecule has 1 aliphatic rings. The number of hydrogen-bond donors (Lipinski definition) is 1. The normalized spacial score (nSPS) is 20.6. The summed E-state index contributed by atoms with van der Waals surface area (Å²) >= 11 is 2.04. The fourth-order valence-corrected chi connectivity index (χ4v) is 1.42. The molecule has 0 bridgehead atoms. The molecule has 0 fully saturated rings. The first-order chi connectivity index (χ1) is 5.59. The van der Waals surface area contributed by atoms with Gasteiger partial charge in [-0.3, -0.25) is 0 Å². The average molecular weight is 303 g/mol. The maximum Gasteiger partial charge on any atom is 1.00 e. The summed E-state index contributed by atoms with van der Waals surface area (Å²) < 4.78 is 0.874. The second kappa shape index (κ2) is 6.02. The van der Waals surface area contributed by atoms with Gasteiger partial charge in [0.15, 0.2) is 0 Å². The number of halogens is 1. The Morgan fingerprint density at radius 3 is 2.92 bits per heavy atom. The van der Waals surface area contributed by atoms with Crippen molar-refractivity contribution >= 4 is 28.6 Å². The number of aliphatic carboxylic acids is 1. The molecular formula is C7H7INNaO3. The van der Waals surface area contributed by atoms with Crippen LogP contribution in [0, 0.1) is 0 Å². The molecule has 0 spiro atoms. The maximum atomic E-state index is 10.2. The van der Waals surface area contributed by atoms with Crippen LogP contribution in [0.5, 0.6) is 0 Å². The van der Waals surface area contributed by atoms with Gasteiger partial charge in [-0.15, -0.1) is 0 Å². The first-order valence-corrected chi connectivity index (χ1v) is 4.36. The van der Waals surface area contributed by atoms with Crippen LogP contribution < -0.4 is 34.7 Å². The van der Waals surface area contributed by atoms with E-state index in [-0.39, 0.29) is 36.1 Å². The fourth-order valence-electron chi connectivity index (χ4n) is 0.855. The first kappa shape index (κ1) is 13.4. The van der Waals surface area contributed by atoms with Crippen LogP contribution in [0.1, 0.15) is 0 Å². The van der Waals surface area contributed by atoms with Gasteiger partial charge in [-0.1, -0.05) is 0 Å². The Morgan fingerprint density at radius 2 is 2.38 bits per heavy atom. The van der Waals surface area contributed by atoms with Crippen LogP contribution in [0.4, 0.5) is 0 Å². The molecule has 0 amide bonds. The van der Waals surface area contributed by atoms with Crippen molar-refractivity contribution in [1.82, 2.24) is 4.90 Å². The number of carbonyl (C=O) groups is 1. The summed E-state index contributed by atoms with van der Waals surface area (Å²) in [5.74, 6) is -1.20. The van der Waals surface area contributed by atoms with E-state index < -0.39 is 12.2 Å². The number of carboxylic acids is 1. The molecule has 13 heavy (non-hydrogen) atoms. The Kier molecular flexibility index (Phi) is 6.23. The number of aliphatic hydroxyl groups is 1. The molecule has 1 unspecified atom stereocenters. The van der Waals surface area contributed by atoms with Crippen molar-refractivity contribution in [3.05, 3.63) is 21.9 Å². The molecule has 4 nitrogen and oxygen atoms in total. The van der Waals surface area contributed by atoms with Gasteiger partial charge in [-0.25, -0.2) is 0 Å². The van der Waals surface area contributed by atoms with Gasteiger partial charge in [0, 0.05) is 9.78 Å². The molecule has 0 aromatic carbocycles. The predicted octanol–water partition coefficient (Wildman–Crippen LogP) is -3.79. The van der Waals surface area contributed by atoms with E-state index in [1.54, 1.807) is 12.3 Å². The minimum Gasteiger partial charge on any atom is -0.548 e. The maximum absolute atomic E-state index is 10.2. The van der Waals surface area contributed by atoms with Gasteiger partial charge in [-0.2, -0.15) is 0 Å². The zero-order chi connectivity index (χ0) is 9.14. The molecular weight excluding hydrogens is 296 g/mol. The largest absolute Gasteiger partial charge is 1.00 e. The summed E-state index contributed by atoms with van der Waals surface area (Å²) in [6.45, 7) is -0.294. The molecule has 66 valence electrons. The number of carbonyl (C=O) groups excluding carboxylic acids is 1. The molecule has 0 aliphatic carbocycles. The Bertz CT molecular complexity index is 254. The first-order valence-electron chi connectivity index (χ1n) is 3.29. The number of aliphatic hydroxyl groups excluding tert-OH is 1. The van der Waals surface area contributed by atoms with Crippen LogP contribution >= 0.6 is 22.6 Å². The second-order valence-electron chi connectivity index (χ2n) is 2.33. The van der Waals surface area contributed by atoms with Gasteiger partial charge in [0.05, 0.1) is 12.5 Å². The van der Waals surface area contributed by atoms with Crippen molar-refractivity contribution in [1.29, 1.82) is 0 Å². The predicted molar refractivity (Wildman–Crippen MR) is 49.0 cm³/mol. The topological polar surface area (TPSA) is 63.6 Å². The van der Waals surface area contributed by atoms with Crippen LogP contribution in [0.15, 0.2) is 21.9 Å². The van der Waals surface area contributed by atoms with Crippen LogP contribution in [0.2, 0.25) is 0 Å². The minimum absolute atomic E-state index is 0. The quantitative estimate of drug-likeness (QED) is 0.420.